The van der Waals surface area contributed by atoms with Crippen LogP contribution < -0.4 is 0 Å². The minimum absolute atomic E-state index is 0.801. The van der Waals surface area contributed by atoms with Gasteiger partial charge in [0.1, 0.15) is 61.0 Å². The predicted octanol–water partition coefficient (Wildman–Crippen LogP) is -5.89. The van der Waals surface area contributed by atoms with Crippen LogP contribution in [0.1, 0.15) is 0 Å². The fourth-order valence-corrected chi connectivity index (χ4v) is 3.52. The number of aliphatic hydroxyl groups excluding tert-OH is 8. The van der Waals surface area contributed by atoms with Crippen LogP contribution in [0.3, 0.4) is 0 Å². The van der Waals surface area contributed by atoms with Gasteiger partial charge in [0.15, 0.2) is 6.29 Å². The van der Waals surface area contributed by atoms with Crippen molar-refractivity contribution in [3.05, 3.63) is 0 Å². The third-order valence-electron chi connectivity index (χ3n) is 4.45. The maximum atomic E-state index is 11.1. The van der Waals surface area contributed by atoms with Crippen molar-refractivity contribution in [1.82, 2.24) is 0 Å². The van der Waals surface area contributed by atoms with Gasteiger partial charge >= 0.3 is 7.82 Å². The Bertz CT molecular complexity index is 540. The highest BCUT2D eigenvalue weighted by Gasteiger charge is 2.54. The second-order valence-electron chi connectivity index (χ2n) is 6.32. The predicted molar refractivity (Wildman–Crippen MR) is 79.6 cm³/mol. The number of hydrogen-bond donors (Lipinski definition) is 10. The van der Waals surface area contributed by atoms with E-state index in [0.29, 0.717) is 0 Å². The molecule has 160 valence electrons. The molecule has 15 heteroatoms. The first-order valence-corrected chi connectivity index (χ1v) is 9.34. The average molecular weight is 422 g/mol. The van der Waals surface area contributed by atoms with E-state index in [2.05, 4.69) is 4.52 Å². The first-order valence-electron chi connectivity index (χ1n) is 7.81. The molecule has 1 heterocycles. The maximum absolute atomic E-state index is 11.1. The van der Waals surface area contributed by atoms with E-state index in [9.17, 15) is 40.3 Å². The molecule has 0 aromatic heterocycles. The van der Waals surface area contributed by atoms with E-state index in [0.717, 1.165) is 0 Å². The largest absolute Gasteiger partial charge is 0.470 e. The monoisotopic (exact) mass is 422 g/mol. The lowest BCUT2D eigenvalue weighted by atomic mass is 9.84. The molecule has 0 unspecified atom stereocenters. The SMILES string of the molecule is O=P(O)(O)O[C@@H]1[C@H](O)[C@H](O)[C@@H](O)[C@H](O)[C@H]1O[C@H]1O[C@H](CO)[C@@H](O)[C@H](O)[C@@H]1O. The Morgan fingerprint density at radius 2 is 1.22 bits per heavy atom. The topological polar surface area (TPSA) is 247 Å². The summed E-state index contributed by atoms with van der Waals surface area (Å²) in [5, 5.41) is 78.0. The molecule has 1 saturated heterocycles. The van der Waals surface area contributed by atoms with Gasteiger partial charge < -0.3 is 60.1 Å². The number of ether oxygens (including phenoxy) is 2. The summed E-state index contributed by atoms with van der Waals surface area (Å²) in [6.07, 6.45) is -21.1. The molecule has 1 saturated carbocycles. The van der Waals surface area contributed by atoms with Crippen molar-refractivity contribution in [3.63, 3.8) is 0 Å². The van der Waals surface area contributed by atoms with Gasteiger partial charge in [-0.3, -0.25) is 4.52 Å². The molecule has 0 radical (unpaired) electrons. The van der Waals surface area contributed by atoms with Crippen LogP contribution in [0.15, 0.2) is 0 Å². The molecule has 0 aromatic carbocycles. The van der Waals surface area contributed by atoms with Crippen molar-refractivity contribution in [2.24, 2.45) is 0 Å². The van der Waals surface area contributed by atoms with Gasteiger partial charge in [0.05, 0.1) is 6.61 Å². The highest BCUT2D eigenvalue weighted by atomic mass is 31.2. The van der Waals surface area contributed by atoms with Gasteiger partial charge in [0, 0.05) is 0 Å². The number of rotatable bonds is 5. The van der Waals surface area contributed by atoms with E-state index in [4.69, 9.17) is 24.4 Å². The highest BCUT2D eigenvalue weighted by Crippen LogP contribution is 2.42. The molecule has 11 atom stereocenters. The first-order chi connectivity index (χ1) is 12.4. The quantitative estimate of drug-likeness (QED) is 0.185. The van der Waals surface area contributed by atoms with Crippen molar-refractivity contribution in [2.75, 3.05) is 6.61 Å². The number of phosphoric acid groups is 1. The summed E-state index contributed by atoms with van der Waals surface area (Å²) < 4.78 is 25.7. The summed E-state index contributed by atoms with van der Waals surface area (Å²) in [4.78, 5) is 17.9. The molecule has 0 amide bonds. The molecule has 2 rings (SSSR count). The molecule has 0 spiro atoms. The third kappa shape index (κ3) is 4.83. The minimum Gasteiger partial charge on any atom is -0.394 e. The minimum atomic E-state index is -5.27. The van der Waals surface area contributed by atoms with Gasteiger partial charge in [-0.2, -0.15) is 0 Å². The third-order valence-corrected chi connectivity index (χ3v) is 4.96. The summed E-state index contributed by atoms with van der Waals surface area (Å²) in [6, 6.07) is 0. The summed E-state index contributed by atoms with van der Waals surface area (Å²) in [7, 11) is -5.27. The van der Waals surface area contributed by atoms with Crippen molar-refractivity contribution in [2.45, 2.75) is 67.3 Å². The van der Waals surface area contributed by atoms with Crippen molar-refractivity contribution in [1.29, 1.82) is 0 Å². The van der Waals surface area contributed by atoms with Crippen LogP contribution in [-0.2, 0) is 18.6 Å². The molecule has 1 aliphatic carbocycles. The zero-order valence-electron chi connectivity index (χ0n) is 13.6. The fourth-order valence-electron chi connectivity index (χ4n) is 2.95. The van der Waals surface area contributed by atoms with E-state index in [1.54, 1.807) is 0 Å². The van der Waals surface area contributed by atoms with Crippen LogP contribution in [-0.4, -0.2) is 125 Å². The molecule has 0 bridgehead atoms. The molecule has 10 N–H and O–H groups in total. The van der Waals surface area contributed by atoms with Gasteiger partial charge in [-0.05, 0) is 0 Å². The Morgan fingerprint density at radius 3 is 1.70 bits per heavy atom. The van der Waals surface area contributed by atoms with Gasteiger partial charge in [-0.1, -0.05) is 0 Å². The zero-order valence-corrected chi connectivity index (χ0v) is 14.5. The zero-order chi connectivity index (χ0) is 20.7. The highest BCUT2D eigenvalue weighted by molar-refractivity contribution is 7.46. The van der Waals surface area contributed by atoms with E-state index in [1.165, 1.54) is 0 Å². The van der Waals surface area contributed by atoms with Crippen molar-refractivity contribution >= 4 is 7.82 Å². The number of hydrogen-bond acceptors (Lipinski definition) is 12. The Hall–Kier alpha value is -0.290. The normalized spacial score (nSPS) is 49.2. The van der Waals surface area contributed by atoms with E-state index < -0.39 is 81.8 Å². The molecule has 2 fully saturated rings. The van der Waals surface area contributed by atoms with Crippen molar-refractivity contribution in [3.8, 4) is 0 Å². The Kier molecular flexibility index (Phi) is 7.33. The molecule has 0 aromatic rings. The molecular formula is C12H23O14P. The van der Waals surface area contributed by atoms with Gasteiger partial charge in [0.2, 0.25) is 0 Å². The number of phosphoric ester groups is 1. The lowest BCUT2D eigenvalue weighted by molar-refractivity contribution is -0.338. The van der Waals surface area contributed by atoms with Gasteiger partial charge in [0.25, 0.3) is 0 Å². The van der Waals surface area contributed by atoms with Crippen LogP contribution in [0.25, 0.3) is 0 Å². The van der Waals surface area contributed by atoms with Crippen LogP contribution in [0.4, 0.5) is 0 Å². The second kappa shape index (κ2) is 8.61. The Morgan fingerprint density at radius 1 is 0.741 bits per heavy atom. The molecule has 2 aliphatic rings. The van der Waals surface area contributed by atoms with Gasteiger partial charge in [-0.25, -0.2) is 4.57 Å². The Labute approximate surface area is 152 Å². The molecular weight excluding hydrogens is 399 g/mol. The summed E-state index contributed by atoms with van der Waals surface area (Å²) >= 11 is 0. The average Bonchev–Trinajstić information content (AvgIpc) is 2.60. The van der Waals surface area contributed by atoms with Crippen LogP contribution in [0.5, 0.6) is 0 Å². The van der Waals surface area contributed by atoms with Crippen LogP contribution in [0.2, 0.25) is 0 Å². The molecule has 1 aliphatic heterocycles. The first kappa shape index (κ1) is 23.0. The molecule has 14 nitrogen and oxygen atoms in total. The van der Waals surface area contributed by atoms with E-state index in [1.807, 2.05) is 0 Å². The lowest BCUT2D eigenvalue weighted by Gasteiger charge is -2.46. The summed E-state index contributed by atoms with van der Waals surface area (Å²) in [5.74, 6) is 0. The van der Waals surface area contributed by atoms with Gasteiger partial charge in [-0.15, -0.1) is 0 Å². The van der Waals surface area contributed by atoms with E-state index in [-0.39, 0.29) is 0 Å². The Balaban J connectivity index is 2.27. The number of aliphatic hydroxyl groups is 8. The standard InChI is InChI=1S/C12H23O14P/c13-1-2-3(14)4(15)9(20)12(24-2)25-10-7(18)5(16)6(17)8(19)11(10)26-27(21,22)23/h2-20H,1H2,(H2,21,22,23)/t2-,3-,4+,5-,6-,7+,8-,9+,10-,11-,12-/m1/s1. The van der Waals surface area contributed by atoms with Crippen LogP contribution in [0, 0.1) is 0 Å². The van der Waals surface area contributed by atoms with Crippen LogP contribution >= 0.6 is 7.82 Å². The van der Waals surface area contributed by atoms with E-state index >= 15 is 0 Å². The molecule has 27 heavy (non-hydrogen) atoms. The summed E-state index contributed by atoms with van der Waals surface area (Å²) in [6.45, 7) is -0.801. The van der Waals surface area contributed by atoms with Crippen molar-refractivity contribution < 1.29 is 69.2 Å². The lowest BCUT2D eigenvalue weighted by Crippen LogP contribution is -2.67. The maximum Gasteiger partial charge on any atom is 0.470 e. The fraction of sp³-hybridized carbons (Fsp3) is 1.00. The summed E-state index contributed by atoms with van der Waals surface area (Å²) in [5.41, 5.74) is 0. The second-order valence-corrected chi connectivity index (χ2v) is 7.51. The smallest absolute Gasteiger partial charge is 0.394 e.